The molecule has 1 saturated heterocycles. The highest BCUT2D eigenvalue weighted by atomic mass is 35.5. The zero-order valence-corrected chi connectivity index (χ0v) is 10.6. The molecule has 2 rings (SSSR count). The maximum absolute atomic E-state index is 11.2. The van der Waals surface area contributed by atoms with Gasteiger partial charge in [0.1, 0.15) is 11.7 Å². The normalized spacial score (nSPS) is 19.2. The fraction of sp³-hybridized carbons (Fsp3) is 0.364. The molecule has 1 aromatic carbocycles. The van der Waals surface area contributed by atoms with Gasteiger partial charge >= 0.3 is 5.97 Å². The Balaban J connectivity index is 2.49. The fourth-order valence-electron chi connectivity index (χ4n) is 2.13. The van der Waals surface area contributed by atoms with Crippen LogP contribution in [0.15, 0.2) is 18.2 Å². The first-order valence-electron chi connectivity index (χ1n) is 5.65. The van der Waals surface area contributed by atoms with Crippen molar-refractivity contribution in [3.63, 3.8) is 0 Å². The zero-order valence-electron chi connectivity index (χ0n) is 9.88. The van der Waals surface area contributed by atoms with E-state index in [0.717, 1.165) is 0 Å². The maximum atomic E-state index is 11.2. The first kappa shape index (κ1) is 13.6. The number of aliphatic carboxylic acids is 1. The number of benzene rings is 1. The predicted octanol–water partition coefficient (Wildman–Crippen LogP) is 1.11. The SMILES string of the molecule is O=C(O)C1CNCCN1c1c(Cl)cccc1[N+](=O)[O-]. The Morgan fingerprint density at radius 1 is 1.58 bits per heavy atom. The minimum atomic E-state index is -1.04. The number of carboxylic acid groups (broad SMARTS) is 1. The highest BCUT2D eigenvalue weighted by Gasteiger charge is 2.33. The second kappa shape index (κ2) is 5.41. The van der Waals surface area contributed by atoms with Crippen LogP contribution in [0.3, 0.4) is 0 Å². The highest BCUT2D eigenvalue weighted by molar-refractivity contribution is 6.33. The number of hydrogen-bond acceptors (Lipinski definition) is 5. The van der Waals surface area contributed by atoms with Crippen LogP contribution in [0.2, 0.25) is 5.02 Å². The van der Waals surface area contributed by atoms with Gasteiger partial charge in [-0.3, -0.25) is 10.1 Å². The Labute approximate surface area is 113 Å². The zero-order chi connectivity index (χ0) is 14.0. The Morgan fingerprint density at radius 2 is 2.32 bits per heavy atom. The topological polar surface area (TPSA) is 95.7 Å². The van der Waals surface area contributed by atoms with Gasteiger partial charge in [-0.1, -0.05) is 17.7 Å². The van der Waals surface area contributed by atoms with Crippen molar-refractivity contribution >= 4 is 28.9 Å². The third-order valence-electron chi connectivity index (χ3n) is 2.98. The number of halogens is 1. The summed E-state index contributed by atoms with van der Waals surface area (Å²) in [6.07, 6.45) is 0. The van der Waals surface area contributed by atoms with E-state index >= 15 is 0 Å². The van der Waals surface area contributed by atoms with Crippen LogP contribution >= 0.6 is 11.6 Å². The van der Waals surface area contributed by atoms with Gasteiger partial charge in [0.2, 0.25) is 0 Å². The second-order valence-electron chi connectivity index (χ2n) is 4.12. The summed E-state index contributed by atoms with van der Waals surface area (Å²) in [6.45, 7) is 1.12. The van der Waals surface area contributed by atoms with Gasteiger partial charge in [-0.2, -0.15) is 0 Å². The number of rotatable bonds is 3. The van der Waals surface area contributed by atoms with E-state index in [1.54, 1.807) is 0 Å². The molecule has 1 aliphatic heterocycles. The molecule has 0 saturated carbocycles. The Bertz CT molecular complexity index is 523. The van der Waals surface area contributed by atoms with Crippen molar-refractivity contribution in [1.82, 2.24) is 5.32 Å². The number of para-hydroxylation sites is 1. The number of anilines is 1. The lowest BCUT2D eigenvalue weighted by Gasteiger charge is -2.35. The minimum Gasteiger partial charge on any atom is -0.480 e. The van der Waals surface area contributed by atoms with E-state index in [0.29, 0.717) is 13.1 Å². The molecule has 8 heteroatoms. The van der Waals surface area contributed by atoms with Crippen molar-refractivity contribution in [2.75, 3.05) is 24.5 Å². The van der Waals surface area contributed by atoms with Gasteiger partial charge in [-0.25, -0.2) is 4.79 Å². The number of piperazine rings is 1. The number of nitrogens with zero attached hydrogens (tertiary/aromatic N) is 2. The largest absolute Gasteiger partial charge is 0.480 e. The van der Waals surface area contributed by atoms with Gasteiger partial charge in [0.05, 0.1) is 9.95 Å². The van der Waals surface area contributed by atoms with E-state index in [1.165, 1.54) is 23.1 Å². The van der Waals surface area contributed by atoms with E-state index in [-0.39, 0.29) is 22.9 Å². The van der Waals surface area contributed by atoms with Crippen LogP contribution in [0.5, 0.6) is 0 Å². The van der Waals surface area contributed by atoms with Gasteiger partial charge in [0.15, 0.2) is 0 Å². The molecule has 1 fully saturated rings. The highest BCUT2D eigenvalue weighted by Crippen LogP contribution is 2.36. The van der Waals surface area contributed by atoms with Crippen LogP contribution in [0.1, 0.15) is 0 Å². The first-order valence-corrected chi connectivity index (χ1v) is 6.03. The summed E-state index contributed by atoms with van der Waals surface area (Å²) in [5, 5.41) is 23.4. The van der Waals surface area contributed by atoms with Crippen LogP contribution in [0, 0.1) is 10.1 Å². The summed E-state index contributed by atoms with van der Waals surface area (Å²) in [4.78, 5) is 23.2. The average Bonchev–Trinajstić information content (AvgIpc) is 2.38. The van der Waals surface area contributed by atoms with Crippen LogP contribution in [-0.4, -0.2) is 41.7 Å². The number of carbonyl (C=O) groups is 1. The summed E-state index contributed by atoms with van der Waals surface area (Å²) >= 11 is 6.02. The number of hydrogen-bond donors (Lipinski definition) is 2. The van der Waals surface area contributed by atoms with Crippen molar-refractivity contribution in [3.05, 3.63) is 33.3 Å². The third kappa shape index (κ3) is 2.61. The maximum Gasteiger partial charge on any atom is 0.327 e. The monoisotopic (exact) mass is 285 g/mol. The van der Waals surface area contributed by atoms with E-state index in [4.69, 9.17) is 11.6 Å². The molecule has 1 atom stereocenters. The smallest absolute Gasteiger partial charge is 0.327 e. The van der Waals surface area contributed by atoms with E-state index in [2.05, 4.69) is 5.32 Å². The van der Waals surface area contributed by atoms with Gasteiger partial charge in [0.25, 0.3) is 5.69 Å². The van der Waals surface area contributed by atoms with E-state index in [9.17, 15) is 20.0 Å². The number of carboxylic acids is 1. The van der Waals surface area contributed by atoms with E-state index in [1.807, 2.05) is 0 Å². The summed E-state index contributed by atoms with van der Waals surface area (Å²) < 4.78 is 0. The predicted molar refractivity (Wildman–Crippen MR) is 69.7 cm³/mol. The molecule has 0 amide bonds. The molecule has 1 unspecified atom stereocenters. The molecule has 1 aliphatic rings. The molecule has 1 heterocycles. The lowest BCUT2D eigenvalue weighted by atomic mass is 10.1. The third-order valence-corrected chi connectivity index (χ3v) is 3.28. The van der Waals surface area contributed by atoms with Crippen molar-refractivity contribution in [1.29, 1.82) is 0 Å². The van der Waals surface area contributed by atoms with Crippen molar-refractivity contribution < 1.29 is 14.8 Å². The molecule has 0 radical (unpaired) electrons. The molecule has 0 spiro atoms. The molecule has 102 valence electrons. The van der Waals surface area contributed by atoms with Crippen LogP contribution in [0.4, 0.5) is 11.4 Å². The van der Waals surface area contributed by atoms with E-state index < -0.39 is 16.9 Å². The Morgan fingerprint density at radius 3 is 2.95 bits per heavy atom. The molecule has 7 nitrogen and oxygen atoms in total. The summed E-state index contributed by atoms with van der Waals surface area (Å²) in [7, 11) is 0. The second-order valence-corrected chi connectivity index (χ2v) is 4.52. The van der Waals surface area contributed by atoms with Crippen molar-refractivity contribution in [2.24, 2.45) is 0 Å². The number of nitro benzene ring substituents is 1. The number of nitrogens with one attached hydrogen (secondary N) is 1. The van der Waals surface area contributed by atoms with Gasteiger partial charge in [-0.15, -0.1) is 0 Å². The fourth-order valence-corrected chi connectivity index (χ4v) is 2.41. The molecule has 1 aromatic rings. The van der Waals surface area contributed by atoms with Gasteiger partial charge in [0, 0.05) is 25.7 Å². The molecule has 0 aliphatic carbocycles. The molecular formula is C11H12ClN3O4. The quantitative estimate of drug-likeness (QED) is 0.638. The lowest BCUT2D eigenvalue weighted by Crippen LogP contribution is -2.55. The molecule has 0 aromatic heterocycles. The number of nitro groups is 1. The van der Waals surface area contributed by atoms with Crippen LogP contribution in [-0.2, 0) is 4.79 Å². The van der Waals surface area contributed by atoms with Crippen LogP contribution < -0.4 is 10.2 Å². The minimum absolute atomic E-state index is 0.170. The van der Waals surface area contributed by atoms with Crippen LogP contribution in [0.25, 0.3) is 0 Å². The summed E-state index contributed by atoms with van der Waals surface area (Å²) in [6, 6.07) is 3.45. The Kier molecular flexibility index (Phi) is 3.87. The van der Waals surface area contributed by atoms with Gasteiger partial charge < -0.3 is 15.3 Å². The first-order chi connectivity index (χ1) is 9.02. The molecule has 19 heavy (non-hydrogen) atoms. The average molecular weight is 286 g/mol. The standard InChI is InChI=1S/C11H12ClN3O4/c12-7-2-1-3-8(15(18)19)10(7)14-5-4-13-6-9(14)11(16)17/h1-3,9,13H,4-6H2,(H,16,17). The molecular weight excluding hydrogens is 274 g/mol. The van der Waals surface area contributed by atoms with Crippen molar-refractivity contribution in [2.45, 2.75) is 6.04 Å². The lowest BCUT2D eigenvalue weighted by molar-refractivity contribution is -0.384. The molecule has 2 N–H and O–H groups in total. The van der Waals surface area contributed by atoms with Gasteiger partial charge in [-0.05, 0) is 6.07 Å². The molecule has 0 bridgehead atoms. The Hall–Kier alpha value is -1.86. The van der Waals surface area contributed by atoms with Crippen molar-refractivity contribution in [3.8, 4) is 0 Å². The summed E-state index contributed by atoms with van der Waals surface area (Å²) in [5.41, 5.74) is -0.0104. The summed E-state index contributed by atoms with van der Waals surface area (Å²) in [5.74, 6) is -1.04.